The van der Waals surface area contributed by atoms with Crippen molar-refractivity contribution < 1.29 is 22.4 Å². The summed E-state index contributed by atoms with van der Waals surface area (Å²) in [5.74, 6) is -0.596. The first kappa shape index (κ1) is 31.4. The number of halogens is 1. The van der Waals surface area contributed by atoms with Gasteiger partial charge in [-0.05, 0) is 92.4 Å². The van der Waals surface area contributed by atoms with Crippen molar-refractivity contribution in [2.24, 2.45) is 0 Å². The van der Waals surface area contributed by atoms with Crippen LogP contribution in [0, 0.1) is 19.7 Å². The van der Waals surface area contributed by atoms with Crippen molar-refractivity contribution in [2.75, 3.05) is 24.2 Å². The van der Waals surface area contributed by atoms with Crippen molar-refractivity contribution in [2.45, 2.75) is 49.7 Å². The summed E-state index contributed by atoms with van der Waals surface area (Å²) in [4.78, 5) is 25.8. The lowest BCUT2D eigenvalue weighted by atomic mass is 10.1. The van der Waals surface area contributed by atoms with Gasteiger partial charge in [-0.2, -0.15) is 4.31 Å². The lowest BCUT2D eigenvalue weighted by Gasteiger charge is -2.25. The minimum Gasteiger partial charge on any atom is -0.345 e. The van der Waals surface area contributed by atoms with E-state index in [1.807, 2.05) is 36.6 Å². The Balaban J connectivity index is 1.30. The summed E-state index contributed by atoms with van der Waals surface area (Å²) < 4.78 is 42.5. The number of benzene rings is 3. The molecule has 44 heavy (non-hydrogen) atoms. The molecule has 0 spiro atoms. The van der Waals surface area contributed by atoms with Crippen molar-refractivity contribution in [3.63, 3.8) is 0 Å². The topological polar surface area (TPSA) is 126 Å². The number of carbonyl (C=O) groups excluding carboxylic acids is 2. The zero-order chi connectivity index (χ0) is 31.3. The highest BCUT2D eigenvalue weighted by molar-refractivity contribution is 7.99. The van der Waals surface area contributed by atoms with Crippen LogP contribution in [0.2, 0.25) is 0 Å². The van der Waals surface area contributed by atoms with Gasteiger partial charge in [-0.25, -0.2) is 12.8 Å². The standard InChI is InChI=1S/C31H33FN6O4S2/c1-21-7-6-8-27(22(21)2)38-28(35-36-31(38)43-20-29(39)34-25-13-11-24(32)12-14-25)19-33-30(40)23-9-15-26(16-10-23)44(41,42)37-17-4-3-5-18-37/h6-16H,3-5,17-20H2,1-2H3,(H,33,40)(H,34,39). The van der Waals surface area contributed by atoms with Gasteiger partial charge in [0.2, 0.25) is 15.9 Å². The van der Waals surface area contributed by atoms with Crippen LogP contribution in [-0.2, 0) is 21.4 Å². The first-order valence-electron chi connectivity index (χ1n) is 14.2. The maximum absolute atomic E-state index is 13.2. The molecule has 1 fully saturated rings. The molecule has 10 nitrogen and oxygen atoms in total. The number of nitrogens with one attached hydrogen (secondary N) is 2. The fraction of sp³-hybridized carbons (Fsp3) is 0.290. The summed E-state index contributed by atoms with van der Waals surface area (Å²) in [6.07, 6.45) is 2.71. The fourth-order valence-corrected chi connectivity index (χ4v) is 7.16. The molecule has 0 saturated carbocycles. The Hall–Kier alpha value is -4.07. The van der Waals surface area contributed by atoms with Crippen molar-refractivity contribution >= 4 is 39.3 Å². The molecule has 0 unspecified atom stereocenters. The molecule has 2 amide bonds. The van der Waals surface area contributed by atoms with Crippen molar-refractivity contribution in [1.29, 1.82) is 0 Å². The molecule has 1 saturated heterocycles. The summed E-state index contributed by atoms with van der Waals surface area (Å²) in [6, 6.07) is 17.3. The van der Waals surface area contributed by atoms with Crippen LogP contribution >= 0.6 is 11.8 Å². The third kappa shape index (κ3) is 7.17. The number of piperidine rings is 1. The quantitative estimate of drug-likeness (QED) is 0.238. The molecule has 2 heterocycles. The van der Waals surface area contributed by atoms with Gasteiger partial charge in [0.15, 0.2) is 11.0 Å². The number of aromatic nitrogens is 3. The summed E-state index contributed by atoms with van der Waals surface area (Å²) in [5.41, 5.74) is 3.65. The van der Waals surface area contributed by atoms with Crippen LogP contribution in [0.5, 0.6) is 0 Å². The SMILES string of the molecule is Cc1cccc(-n2c(CNC(=O)c3ccc(S(=O)(=O)N4CCCCC4)cc3)nnc2SCC(=O)Nc2ccc(F)cc2)c1C. The van der Waals surface area contributed by atoms with E-state index < -0.39 is 21.7 Å². The summed E-state index contributed by atoms with van der Waals surface area (Å²) in [7, 11) is -3.60. The minimum atomic E-state index is -3.60. The molecule has 4 aromatic rings. The second kappa shape index (κ2) is 13.7. The predicted molar refractivity (Wildman–Crippen MR) is 167 cm³/mol. The van der Waals surface area contributed by atoms with Gasteiger partial charge in [0.1, 0.15) is 5.82 Å². The summed E-state index contributed by atoms with van der Waals surface area (Å²) in [6.45, 7) is 5.01. The van der Waals surface area contributed by atoms with E-state index in [2.05, 4.69) is 20.8 Å². The smallest absolute Gasteiger partial charge is 0.251 e. The highest BCUT2D eigenvalue weighted by Crippen LogP contribution is 2.26. The number of nitrogens with zero attached hydrogens (tertiary/aromatic N) is 4. The molecular weight excluding hydrogens is 604 g/mol. The molecule has 1 aliphatic rings. The Morgan fingerprint density at radius 1 is 0.932 bits per heavy atom. The largest absolute Gasteiger partial charge is 0.345 e. The van der Waals surface area contributed by atoms with E-state index in [4.69, 9.17) is 0 Å². The Labute approximate surface area is 260 Å². The Bertz CT molecular complexity index is 1750. The van der Waals surface area contributed by atoms with Crippen LogP contribution < -0.4 is 10.6 Å². The lowest BCUT2D eigenvalue weighted by Crippen LogP contribution is -2.35. The Kier molecular flexibility index (Phi) is 9.77. The van der Waals surface area contributed by atoms with E-state index in [0.717, 1.165) is 36.1 Å². The number of amides is 2. The predicted octanol–water partition coefficient (Wildman–Crippen LogP) is 4.86. The summed E-state index contributed by atoms with van der Waals surface area (Å²) >= 11 is 1.18. The van der Waals surface area contributed by atoms with Crippen LogP contribution in [0.1, 0.15) is 46.6 Å². The maximum atomic E-state index is 13.2. The molecule has 0 radical (unpaired) electrons. The maximum Gasteiger partial charge on any atom is 0.251 e. The lowest BCUT2D eigenvalue weighted by molar-refractivity contribution is -0.113. The molecule has 5 rings (SSSR count). The highest BCUT2D eigenvalue weighted by Gasteiger charge is 2.26. The van der Waals surface area contributed by atoms with Gasteiger partial charge in [0.25, 0.3) is 5.91 Å². The van der Waals surface area contributed by atoms with Crippen LogP contribution in [0.15, 0.2) is 76.8 Å². The minimum absolute atomic E-state index is 0.0272. The number of hydrogen-bond acceptors (Lipinski definition) is 7. The van der Waals surface area contributed by atoms with Crippen LogP contribution in [0.3, 0.4) is 0 Å². The van der Waals surface area contributed by atoms with Gasteiger partial charge in [-0.15, -0.1) is 10.2 Å². The van der Waals surface area contributed by atoms with Crippen LogP contribution in [0.4, 0.5) is 10.1 Å². The number of thioether (sulfide) groups is 1. The van der Waals surface area contributed by atoms with Gasteiger partial charge in [0, 0.05) is 24.3 Å². The van der Waals surface area contributed by atoms with Gasteiger partial charge in [-0.1, -0.05) is 30.3 Å². The van der Waals surface area contributed by atoms with E-state index in [0.29, 0.717) is 35.3 Å². The third-order valence-electron chi connectivity index (χ3n) is 7.45. The number of aryl methyl sites for hydroxylation is 1. The molecule has 3 aromatic carbocycles. The average Bonchev–Trinajstić information content (AvgIpc) is 3.44. The zero-order valence-corrected chi connectivity index (χ0v) is 26.0. The second-order valence-corrected chi connectivity index (χ2v) is 13.3. The number of anilines is 1. The second-order valence-electron chi connectivity index (χ2n) is 10.5. The van der Waals surface area contributed by atoms with Crippen LogP contribution in [-0.4, -0.2) is 58.1 Å². The Morgan fingerprint density at radius 2 is 1.64 bits per heavy atom. The average molecular weight is 637 g/mol. The number of carbonyl (C=O) groups is 2. The first-order chi connectivity index (χ1) is 21.1. The molecule has 1 aliphatic heterocycles. The van der Waals surface area contributed by atoms with Crippen molar-refractivity contribution in [3.8, 4) is 5.69 Å². The first-order valence-corrected chi connectivity index (χ1v) is 16.6. The zero-order valence-electron chi connectivity index (χ0n) is 24.4. The number of hydrogen-bond donors (Lipinski definition) is 2. The molecule has 0 aliphatic carbocycles. The third-order valence-corrected chi connectivity index (χ3v) is 10.3. The van der Waals surface area contributed by atoms with E-state index in [-0.39, 0.29) is 23.1 Å². The number of rotatable bonds is 10. The van der Waals surface area contributed by atoms with Crippen LogP contribution in [0.25, 0.3) is 5.69 Å². The van der Waals surface area contributed by atoms with E-state index in [1.165, 1.54) is 64.6 Å². The highest BCUT2D eigenvalue weighted by atomic mass is 32.2. The van der Waals surface area contributed by atoms with Gasteiger partial charge >= 0.3 is 0 Å². The normalized spacial score (nSPS) is 13.9. The van der Waals surface area contributed by atoms with Crippen molar-refractivity contribution in [1.82, 2.24) is 24.4 Å². The molecule has 1 aromatic heterocycles. The van der Waals surface area contributed by atoms with E-state index in [1.54, 1.807) is 0 Å². The van der Waals surface area contributed by atoms with Gasteiger partial charge in [-0.3, -0.25) is 14.2 Å². The summed E-state index contributed by atoms with van der Waals surface area (Å²) in [5, 5.41) is 14.7. The van der Waals surface area contributed by atoms with E-state index >= 15 is 0 Å². The van der Waals surface area contributed by atoms with E-state index in [9.17, 15) is 22.4 Å². The molecule has 230 valence electrons. The van der Waals surface area contributed by atoms with Gasteiger partial charge < -0.3 is 10.6 Å². The number of sulfonamides is 1. The monoisotopic (exact) mass is 636 g/mol. The molecule has 0 bridgehead atoms. The molecule has 13 heteroatoms. The molecular formula is C31H33FN6O4S2. The fourth-order valence-electron chi connectivity index (χ4n) is 4.88. The molecule has 2 N–H and O–H groups in total. The van der Waals surface area contributed by atoms with Crippen molar-refractivity contribution in [3.05, 3.63) is 95.1 Å². The molecule has 0 atom stereocenters. The van der Waals surface area contributed by atoms with Gasteiger partial charge in [0.05, 0.1) is 22.9 Å². The Morgan fingerprint density at radius 3 is 2.34 bits per heavy atom.